The maximum absolute atomic E-state index is 12.6. The summed E-state index contributed by atoms with van der Waals surface area (Å²) in [7, 11) is -5.38. The molecular weight excluding hydrogens is 457 g/mol. The highest BCUT2D eigenvalue weighted by molar-refractivity contribution is 7.90. The van der Waals surface area contributed by atoms with E-state index in [9.17, 15) is 21.9 Å². The van der Waals surface area contributed by atoms with Crippen LogP contribution >= 0.6 is 0 Å². The van der Waals surface area contributed by atoms with Gasteiger partial charge < -0.3 is 19.6 Å². The topological polar surface area (TPSA) is 145 Å². The van der Waals surface area contributed by atoms with E-state index < -0.39 is 32.8 Å². The lowest BCUT2D eigenvalue weighted by Gasteiger charge is -2.40. The lowest BCUT2D eigenvalue weighted by Crippen LogP contribution is -2.46. The minimum absolute atomic E-state index is 0.0951. The molecule has 32 heavy (non-hydrogen) atoms. The number of aromatic nitrogens is 2. The number of H-pyrrole nitrogens is 1. The SMILES string of the molecule is CNS(=O)(=O)CCN(C)S(=O)(=O)CCN1CCC2(CC1)OB(O)c1cnc3[nH]ccc3c12. The van der Waals surface area contributed by atoms with Crippen molar-refractivity contribution in [1.82, 2.24) is 23.9 Å². The number of piperidine rings is 1. The molecule has 0 saturated carbocycles. The van der Waals surface area contributed by atoms with Gasteiger partial charge in [0, 0.05) is 56.5 Å². The van der Waals surface area contributed by atoms with Gasteiger partial charge in [0.15, 0.2) is 0 Å². The van der Waals surface area contributed by atoms with Crippen LogP contribution in [0.3, 0.4) is 0 Å². The van der Waals surface area contributed by atoms with Gasteiger partial charge in [0.25, 0.3) is 0 Å². The van der Waals surface area contributed by atoms with Crippen molar-refractivity contribution in [3.05, 3.63) is 24.0 Å². The molecule has 11 nitrogen and oxygen atoms in total. The molecule has 2 aliphatic rings. The minimum Gasteiger partial charge on any atom is -0.423 e. The number of aromatic amines is 1. The number of sulfonamides is 2. The number of nitrogens with one attached hydrogen (secondary N) is 2. The van der Waals surface area contributed by atoms with Crippen molar-refractivity contribution in [3.8, 4) is 0 Å². The molecule has 4 heterocycles. The summed E-state index contributed by atoms with van der Waals surface area (Å²) in [5.74, 6) is -0.380. The summed E-state index contributed by atoms with van der Waals surface area (Å²) < 4.78 is 57.6. The second-order valence-corrected chi connectivity index (χ2v) is 12.5. The lowest BCUT2D eigenvalue weighted by molar-refractivity contribution is -0.00310. The van der Waals surface area contributed by atoms with Gasteiger partial charge in [-0.2, -0.15) is 0 Å². The maximum Gasteiger partial charge on any atom is 0.493 e. The molecule has 0 atom stereocenters. The van der Waals surface area contributed by atoms with Crippen molar-refractivity contribution in [2.45, 2.75) is 18.4 Å². The van der Waals surface area contributed by atoms with E-state index in [2.05, 4.69) is 19.6 Å². The Kier molecular flexibility index (Phi) is 6.39. The average Bonchev–Trinajstić information content (AvgIpc) is 3.34. The van der Waals surface area contributed by atoms with Gasteiger partial charge in [-0.15, -0.1) is 0 Å². The van der Waals surface area contributed by atoms with Crippen LogP contribution in [-0.4, -0.2) is 99.9 Å². The Morgan fingerprint density at radius 3 is 2.72 bits per heavy atom. The van der Waals surface area contributed by atoms with Gasteiger partial charge in [-0.05, 0) is 31.5 Å². The zero-order valence-electron chi connectivity index (χ0n) is 18.1. The van der Waals surface area contributed by atoms with Crippen LogP contribution in [0.2, 0.25) is 0 Å². The largest absolute Gasteiger partial charge is 0.493 e. The molecule has 14 heteroatoms. The van der Waals surface area contributed by atoms with Gasteiger partial charge in [0.2, 0.25) is 20.0 Å². The van der Waals surface area contributed by atoms with Crippen molar-refractivity contribution >= 4 is 43.7 Å². The Labute approximate surface area is 188 Å². The van der Waals surface area contributed by atoms with Crippen molar-refractivity contribution in [2.75, 3.05) is 51.8 Å². The molecular formula is C18H28BN5O6S2. The molecule has 0 unspecified atom stereocenters. The Bertz CT molecular complexity index is 1190. The summed E-state index contributed by atoms with van der Waals surface area (Å²) in [6, 6.07) is 1.94. The number of nitrogens with zero attached hydrogens (tertiary/aromatic N) is 3. The van der Waals surface area contributed by atoms with Crippen molar-refractivity contribution in [2.24, 2.45) is 0 Å². The van der Waals surface area contributed by atoms with E-state index >= 15 is 0 Å². The molecule has 3 N–H and O–H groups in total. The highest BCUT2D eigenvalue weighted by atomic mass is 32.2. The number of rotatable bonds is 8. The van der Waals surface area contributed by atoms with E-state index in [1.54, 1.807) is 6.20 Å². The van der Waals surface area contributed by atoms with Crippen LogP contribution in [-0.2, 0) is 30.3 Å². The highest BCUT2D eigenvalue weighted by Crippen LogP contribution is 2.42. The Morgan fingerprint density at radius 2 is 2.03 bits per heavy atom. The first kappa shape index (κ1) is 23.6. The molecule has 0 amide bonds. The van der Waals surface area contributed by atoms with Gasteiger partial charge >= 0.3 is 7.12 Å². The molecule has 4 rings (SSSR count). The maximum atomic E-state index is 12.6. The predicted octanol–water partition coefficient (Wildman–Crippen LogP) is -1.62. The smallest absolute Gasteiger partial charge is 0.423 e. The third-order valence-corrected chi connectivity index (χ3v) is 9.64. The molecule has 0 bridgehead atoms. The van der Waals surface area contributed by atoms with E-state index in [0.29, 0.717) is 37.9 Å². The van der Waals surface area contributed by atoms with Crippen LogP contribution in [0.5, 0.6) is 0 Å². The van der Waals surface area contributed by atoms with Gasteiger partial charge in [0.05, 0.1) is 17.1 Å². The van der Waals surface area contributed by atoms with Crippen LogP contribution < -0.4 is 10.2 Å². The lowest BCUT2D eigenvalue weighted by atomic mass is 9.76. The first-order chi connectivity index (χ1) is 15.1. The molecule has 1 saturated heterocycles. The first-order valence-corrected chi connectivity index (χ1v) is 13.7. The number of fused-ring (bicyclic) bond motifs is 4. The molecule has 1 spiro atoms. The van der Waals surface area contributed by atoms with Crippen LogP contribution in [0.1, 0.15) is 18.4 Å². The van der Waals surface area contributed by atoms with E-state index in [4.69, 9.17) is 4.65 Å². The molecule has 2 aromatic rings. The summed E-state index contributed by atoms with van der Waals surface area (Å²) in [6.07, 6.45) is 4.71. The summed E-state index contributed by atoms with van der Waals surface area (Å²) in [4.78, 5) is 9.50. The highest BCUT2D eigenvalue weighted by Gasteiger charge is 2.49. The third kappa shape index (κ3) is 4.45. The van der Waals surface area contributed by atoms with Crippen LogP contribution in [0.15, 0.2) is 18.5 Å². The van der Waals surface area contributed by atoms with Gasteiger partial charge in [-0.3, -0.25) is 0 Å². The summed E-state index contributed by atoms with van der Waals surface area (Å²) >= 11 is 0. The van der Waals surface area contributed by atoms with Gasteiger partial charge in [0.1, 0.15) is 5.65 Å². The third-order valence-electron chi connectivity index (χ3n) is 6.46. The average molecular weight is 485 g/mol. The monoisotopic (exact) mass is 485 g/mol. The first-order valence-electron chi connectivity index (χ1n) is 10.5. The van der Waals surface area contributed by atoms with Crippen molar-refractivity contribution < 1.29 is 26.5 Å². The standard InChI is InChI=1S/C18H28BN5O6S2/c1-20-31(26,27)11-9-23(2)32(28,29)12-10-24-7-4-18(5-8-24)16-14-3-6-21-17(14)22-13-15(16)19(25)30-18/h3,6,13,20,25H,4-5,7-12H2,1-2H3,(H,21,22). The molecule has 0 aliphatic carbocycles. The van der Waals surface area contributed by atoms with Gasteiger partial charge in [-0.1, -0.05) is 0 Å². The zero-order valence-corrected chi connectivity index (χ0v) is 19.7. The molecule has 0 radical (unpaired) electrons. The molecule has 176 valence electrons. The fraction of sp³-hybridized carbons (Fsp3) is 0.611. The van der Waals surface area contributed by atoms with Crippen LogP contribution in [0, 0.1) is 0 Å². The number of pyridine rings is 1. The van der Waals surface area contributed by atoms with E-state index in [-0.39, 0.29) is 18.1 Å². The molecule has 1 fully saturated rings. The Morgan fingerprint density at radius 1 is 1.31 bits per heavy atom. The molecule has 0 aromatic carbocycles. The summed E-state index contributed by atoms with van der Waals surface area (Å²) in [5, 5.41) is 11.4. The second-order valence-electron chi connectivity index (χ2n) is 8.30. The van der Waals surface area contributed by atoms with E-state index in [1.165, 1.54) is 14.1 Å². The molecule has 2 aliphatic heterocycles. The summed E-state index contributed by atoms with van der Waals surface area (Å²) in [6.45, 7) is 1.48. The van der Waals surface area contributed by atoms with Crippen molar-refractivity contribution in [3.63, 3.8) is 0 Å². The fourth-order valence-corrected chi connectivity index (χ4v) is 6.45. The minimum atomic E-state index is -3.58. The number of likely N-dealkylation sites (tertiary alicyclic amines) is 1. The van der Waals surface area contributed by atoms with E-state index in [1.807, 2.05) is 12.3 Å². The number of hydrogen-bond donors (Lipinski definition) is 3. The zero-order chi connectivity index (χ0) is 23.1. The Hall–Kier alpha value is -1.55. The van der Waals surface area contributed by atoms with Crippen LogP contribution in [0.25, 0.3) is 11.0 Å². The molecule has 2 aromatic heterocycles. The fourth-order valence-electron chi connectivity index (χ4n) is 4.45. The van der Waals surface area contributed by atoms with Crippen LogP contribution in [0.4, 0.5) is 0 Å². The van der Waals surface area contributed by atoms with Crippen molar-refractivity contribution in [1.29, 1.82) is 0 Å². The predicted molar refractivity (Wildman–Crippen MR) is 121 cm³/mol. The quantitative estimate of drug-likeness (QED) is 0.379. The number of hydrogen-bond acceptors (Lipinski definition) is 8. The van der Waals surface area contributed by atoms with Gasteiger partial charge in [-0.25, -0.2) is 30.8 Å². The Balaban J connectivity index is 1.38. The second kappa shape index (κ2) is 8.67. The normalized spacial score (nSPS) is 19.3. The van der Waals surface area contributed by atoms with E-state index in [0.717, 1.165) is 20.9 Å². The summed E-state index contributed by atoms with van der Waals surface area (Å²) in [5.41, 5.74) is 1.78.